The number of nitrogens with zero attached hydrogens (tertiary/aromatic N) is 2. The van der Waals surface area contributed by atoms with E-state index in [2.05, 4.69) is 101 Å². The van der Waals surface area contributed by atoms with Crippen molar-refractivity contribution >= 4 is 33.8 Å². The Bertz CT molecular complexity index is 1290. The van der Waals surface area contributed by atoms with Crippen LogP contribution in [0.15, 0.2) is 109 Å². The van der Waals surface area contributed by atoms with Gasteiger partial charge < -0.3 is 20.4 Å². The second-order valence-electron chi connectivity index (χ2n) is 18.4. The number of unbranched alkanes of at least 4 members (excludes halogenated alkanes) is 12. The fourth-order valence-corrected chi connectivity index (χ4v) is 8.83. The molecule has 0 saturated heterocycles. The predicted molar refractivity (Wildman–Crippen MR) is 308 cm³/mol. The molecule has 4 N–H and O–H groups in total. The maximum absolute atomic E-state index is 12.9. The molecule has 4 atom stereocenters. The zero-order valence-electron chi connectivity index (χ0n) is 44.6. The van der Waals surface area contributed by atoms with Gasteiger partial charge in [-0.1, -0.05) is 200 Å². The highest BCUT2D eigenvalue weighted by molar-refractivity contribution is 8.14. The first kappa shape index (κ1) is 67.5. The van der Waals surface area contributed by atoms with E-state index in [1.54, 1.807) is 0 Å². The Hall–Kier alpha value is -2.54. The van der Waals surface area contributed by atoms with Gasteiger partial charge in [0.1, 0.15) is 0 Å². The second-order valence-corrected chi connectivity index (χ2v) is 20.6. The molecule has 0 aliphatic heterocycles. The number of carbonyl (C=O) groups is 2. The Morgan fingerprint density at radius 1 is 0.371 bits per heavy atom. The largest absolute Gasteiger partial charge is 0.391 e. The van der Waals surface area contributed by atoms with Gasteiger partial charge in [-0.25, -0.2) is 0 Å². The summed E-state index contributed by atoms with van der Waals surface area (Å²) in [7, 11) is 0. The van der Waals surface area contributed by atoms with E-state index in [9.17, 15) is 30.0 Å². The summed E-state index contributed by atoms with van der Waals surface area (Å²) in [6, 6.07) is 0. The molecule has 400 valence electrons. The van der Waals surface area contributed by atoms with E-state index in [-0.39, 0.29) is 10.2 Å². The molecule has 0 aromatic carbocycles. The molecular formula is C60H102N2O6S2. The Labute approximate surface area is 437 Å². The van der Waals surface area contributed by atoms with Gasteiger partial charge in [0.05, 0.1) is 24.4 Å². The van der Waals surface area contributed by atoms with Gasteiger partial charge in [-0.05, 0) is 115 Å². The third-order valence-corrected chi connectivity index (χ3v) is 13.1. The van der Waals surface area contributed by atoms with Crippen molar-refractivity contribution in [1.29, 1.82) is 0 Å². The highest BCUT2D eigenvalue weighted by Gasteiger charge is 2.17. The number of carbonyl (C=O) groups excluding carboxylic acids is 2. The van der Waals surface area contributed by atoms with Gasteiger partial charge in [0.25, 0.3) is 0 Å². The molecule has 0 aliphatic rings. The molecule has 10 heteroatoms. The summed E-state index contributed by atoms with van der Waals surface area (Å²) in [6.45, 7) is 11.4. The highest BCUT2D eigenvalue weighted by atomic mass is 32.2. The molecule has 0 fully saturated rings. The first-order valence-electron chi connectivity index (χ1n) is 27.5. The zero-order valence-corrected chi connectivity index (χ0v) is 46.3. The molecule has 0 aliphatic carbocycles. The molecular weight excluding hydrogens is 909 g/mol. The molecule has 0 radical (unpaired) electrons. The fraction of sp³-hybridized carbons (Fsp3) is 0.667. The number of aliphatic hydroxyl groups is 4. The van der Waals surface area contributed by atoms with E-state index >= 15 is 0 Å². The molecule has 0 aromatic heterocycles. The van der Waals surface area contributed by atoms with Crippen molar-refractivity contribution in [1.82, 2.24) is 9.80 Å². The topological polar surface area (TPSA) is 122 Å². The molecule has 0 spiro atoms. The van der Waals surface area contributed by atoms with Crippen molar-refractivity contribution in [3.8, 4) is 0 Å². The standard InChI is InChI=1S/C60H102N2O6S2/c1-5-9-13-17-21-25-29-33-37-41-55(63)51-61(52-56(64)42-38-34-30-26-22-18-14-10-6-2)47-49-69-59(67)45-46-60(68)70-50-48-62(53-57(65)43-39-35-31-27-23-19-15-11-7-3)54-58(66)44-40-36-32-28-24-20-16-12-8-4/h21-28,33-40,45-46,55-58,63-66H,5-20,29-32,41-44,47-54H2,1-4H3/b25-21-,26-22-,27-23-,28-24-,37-33-,38-34-,39-35-,40-36-,46-45+. The van der Waals surface area contributed by atoms with Gasteiger partial charge in [0.15, 0.2) is 0 Å². The van der Waals surface area contributed by atoms with Crippen molar-refractivity contribution in [2.24, 2.45) is 0 Å². The van der Waals surface area contributed by atoms with Crippen LogP contribution in [0.25, 0.3) is 0 Å². The van der Waals surface area contributed by atoms with Crippen LogP contribution >= 0.6 is 23.5 Å². The summed E-state index contributed by atoms with van der Waals surface area (Å²) in [4.78, 5) is 29.8. The first-order chi connectivity index (χ1) is 34.1. The molecule has 0 amide bonds. The smallest absolute Gasteiger partial charge is 0.212 e. The fourth-order valence-electron chi connectivity index (χ4n) is 7.40. The van der Waals surface area contributed by atoms with Crippen LogP contribution in [0.3, 0.4) is 0 Å². The number of aliphatic hydroxyl groups excluding tert-OH is 4. The van der Waals surface area contributed by atoms with Gasteiger partial charge in [-0.2, -0.15) is 0 Å². The van der Waals surface area contributed by atoms with E-state index in [1.807, 2.05) is 34.1 Å². The lowest BCUT2D eigenvalue weighted by Gasteiger charge is -2.26. The third-order valence-electron chi connectivity index (χ3n) is 11.5. The minimum absolute atomic E-state index is 0.223. The summed E-state index contributed by atoms with van der Waals surface area (Å²) in [6.07, 6.45) is 58.8. The van der Waals surface area contributed by atoms with Crippen LogP contribution in [0.1, 0.15) is 182 Å². The lowest BCUT2D eigenvalue weighted by Crippen LogP contribution is -2.39. The normalized spacial score (nSPS) is 14.7. The van der Waals surface area contributed by atoms with Crippen molar-refractivity contribution in [3.05, 3.63) is 109 Å². The Balaban J connectivity index is 5.28. The van der Waals surface area contributed by atoms with Crippen LogP contribution in [0.4, 0.5) is 0 Å². The minimum Gasteiger partial charge on any atom is -0.391 e. The number of hydrogen-bond donors (Lipinski definition) is 4. The summed E-state index contributed by atoms with van der Waals surface area (Å²) in [5, 5.41) is 43.3. The molecule has 0 rings (SSSR count). The average molecular weight is 1010 g/mol. The quantitative estimate of drug-likeness (QED) is 0.0266. The molecule has 0 saturated carbocycles. The SMILES string of the molecule is CCCCC/C=C\C/C=C\CC(O)CN(CCSC(=O)/C=C/C(=O)SCCN(CC(O)C/C=C\C/C=C\CCCCC)CC(O)C/C=C\C/C=C\CCCCC)CC(O)C/C=C\C/C=C\CCCCC. The monoisotopic (exact) mass is 1010 g/mol. The molecule has 0 aromatic rings. The third kappa shape index (κ3) is 49.1. The van der Waals surface area contributed by atoms with Gasteiger partial charge in [-0.3, -0.25) is 19.4 Å². The number of rotatable bonds is 48. The van der Waals surface area contributed by atoms with Crippen molar-refractivity contribution in [2.45, 2.75) is 206 Å². The van der Waals surface area contributed by atoms with Gasteiger partial charge in [0, 0.05) is 50.8 Å². The average Bonchev–Trinajstić information content (AvgIpc) is 3.33. The number of thioether (sulfide) groups is 2. The maximum Gasteiger partial charge on any atom is 0.212 e. The summed E-state index contributed by atoms with van der Waals surface area (Å²) >= 11 is 2.24. The lowest BCUT2D eigenvalue weighted by atomic mass is 10.1. The van der Waals surface area contributed by atoms with Crippen molar-refractivity contribution in [2.75, 3.05) is 50.8 Å². The summed E-state index contributed by atoms with van der Waals surface area (Å²) < 4.78 is 0. The zero-order chi connectivity index (χ0) is 51.4. The van der Waals surface area contributed by atoms with E-state index in [4.69, 9.17) is 0 Å². The van der Waals surface area contributed by atoms with E-state index in [1.165, 1.54) is 89.2 Å². The van der Waals surface area contributed by atoms with Crippen LogP contribution in [0.5, 0.6) is 0 Å². The summed E-state index contributed by atoms with van der Waals surface area (Å²) in [5.41, 5.74) is 0. The number of hydrogen-bond acceptors (Lipinski definition) is 10. The molecule has 70 heavy (non-hydrogen) atoms. The Morgan fingerprint density at radius 2 is 0.614 bits per heavy atom. The number of allylic oxidation sites excluding steroid dienone is 12. The Morgan fingerprint density at radius 3 is 0.857 bits per heavy atom. The van der Waals surface area contributed by atoms with Crippen molar-refractivity contribution < 1.29 is 30.0 Å². The maximum atomic E-state index is 12.9. The van der Waals surface area contributed by atoms with Gasteiger partial charge in [0.2, 0.25) is 10.2 Å². The first-order valence-corrected chi connectivity index (χ1v) is 29.5. The van der Waals surface area contributed by atoms with Gasteiger partial charge in [-0.15, -0.1) is 0 Å². The lowest BCUT2D eigenvalue weighted by molar-refractivity contribution is -0.109. The van der Waals surface area contributed by atoms with Crippen LogP contribution < -0.4 is 0 Å². The summed E-state index contributed by atoms with van der Waals surface area (Å²) in [5.74, 6) is 0.910. The molecule has 8 nitrogen and oxygen atoms in total. The van der Waals surface area contributed by atoms with E-state index < -0.39 is 24.4 Å². The Kier molecular flexibility index (Phi) is 50.9. The highest BCUT2D eigenvalue weighted by Crippen LogP contribution is 2.13. The van der Waals surface area contributed by atoms with E-state index in [0.717, 1.165) is 74.9 Å². The van der Waals surface area contributed by atoms with Crippen molar-refractivity contribution in [3.63, 3.8) is 0 Å². The predicted octanol–water partition coefficient (Wildman–Crippen LogP) is 14.0. The molecule has 0 heterocycles. The van der Waals surface area contributed by atoms with Gasteiger partial charge >= 0.3 is 0 Å². The van der Waals surface area contributed by atoms with Crippen LogP contribution in [-0.2, 0) is 9.59 Å². The van der Waals surface area contributed by atoms with Crippen LogP contribution in [0, 0.1) is 0 Å². The second kappa shape index (κ2) is 52.8. The van der Waals surface area contributed by atoms with Crippen LogP contribution in [0.2, 0.25) is 0 Å². The van der Waals surface area contributed by atoms with Crippen LogP contribution in [-0.4, -0.2) is 116 Å². The molecule has 4 unspecified atom stereocenters. The minimum atomic E-state index is -0.605. The molecule has 0 bridgehead atoms. The van der Waals surface area contributed by atoms with E-state index in [0.29, 0.717) is 76.5 Å².